The van der Waals surface area contributed by atoms with Crippen LogP contribution >= 0.6 is 11.3 Å². The second-order valence-electron chi connectivity index (χ2n) is 4.84. The van der Waals surface area contributed by atoms with Crippen molar-refractivity contribution in [1.29, 1.82) is 0 Å². The van der Waals surface area contributed by atoms with Gasteiger partial charge in [-0.3, -0.25) is 0 Å². The number of nitrogens with one attached hydrogen (secondary N) is 1. The summed E-state index contributed by atoms with van der Waals surface area (Å²) in [6.45, 7) is 3.52. The average Bonchev–Trinajstić information content (AvgIpc) is 3.10. The summed E-state index contributed by atoms with van der Waals surface area (Å²) in [6, 6.07) is 0. The lowest BCUT2D eigenvalue weighted by molar-refractivity contribution is -0.389. The zero-order valence-electron chi connectivity index (χ0n) is 11.1. The van der Waals surface area contributed by atoms with E-state index >= 15 is 0 Å². The predicted octanol–water partition coefficient (Wildman–Crippen LogP) is 2.53. The van der Waals surface area contributed by atoms with Gasteiger partial charge in [0, 0.05) is 24.4 Å². The van der Waals surface area contributed by atoms with Gasteiger partial charge in [0.05, 0.1) is 6.10 Å². The summed E-state index contributed by atoms with van der Waals surface area (Å²) in [6.07, 6.45) is 3.86. The van der Waals surface area contributed by atoms with Crippen LogP contribution in [0.2, 0.25) is 0 Å². The number of nitrogens with zero attached hydrogens (tertiary/aromatic N) is 3. The van der Waals surface area contributed by atoms with Crippen LogP contribution in [0.5, 0.6) is 0 Å². The SMILES string of the molecule is CCC1OCCC1CNc1nc2sccn2c1[N+](=O)[O-]. The van der Waals surface area contributed by atoms with Gasteiger partial charge in [-0.25, -0.2) is 0 Å². The van der Waals surface area contributed by atoms with Gasteiger partial charge in [-0.15, -0.1) is 0 Å². The standard InChI is InChI=1S/C12H16N4O3S/c1-2-9-8(3-5-19-9)7-13-10-11(16(17)18)15-4-6-20-12(15)14-10/h4,6,8-9,13H,2-3,5,7H2,1H3. The number of rotatable bonds is 5. The quantitative estimate of drug-likeness (QED) is 0.677. The molecule has 0 bridgehead atoms. The number of hydrogen-bond donors (Lipinski definition) is 1. The number of imidazole rings is 1. The smallest absolute Gasteiger partial charge is 0.372 e. The van der Waals surface area contributed by atoms with E-state index in [0.29, 0.717) is 23.2 Å². The van der Waals surface area contributed by atoms with Crippen molar-refractivity contribution in [3.05, 3.63) is 21.7 Å². The molecular weight excluding hydrogens is 280 g/mol. The Morgan fingerprint density at radius 1 is 1.70 bits per heavy atom. The van der Waals surface area contributed by atoms with Gasteiger partial charge < -0.3 is 20.2 Å². The first kappa shape index (κ1) is 13.3. The topological polar surface area (TPSA) is 81.7 Å². The molecule has 0 aromatic carbocycles. The Hall–Kier alpha value is -1.67. The zero-order chi connectivity index (χ0) is 14.1. The van der Waals surface area contributed by atoms with Crippen molar-refractivity contribution in [3.8, 4) is 0 Å². The Morgan fingerprint density at radius 3 is 3.30 bits per heavy atom. The molecule has 0 aliphatic carbocycles. The molecule has 3 rings (SSSR count). The maximum atomic E-state index is 11.2. The van der Waals surface area contributed by atoms with Crippen molar-refractivity contribution in [3.63, 3.8) is 0 Å². The van der Waals surface area contributed by atoms with Gasteiger partial charge in [-0.2, -0.15) is 9.38 Å². The largest absolute Gasteiger partial charge is 0.378 e. The van der Waals surface area contributed by atoms with Gasteiger partial charge in [0.25, 0.3) is 4.96 Å². The molecule has 3 heterocycles. The summed E-state index contributed by atoms with van der Waals surface area (Å²) in [5.74, 6) is 0.746. The lowest BCUT2D eigenvalue weighted by atomic mass is 10.00. The number of thiazole rings is 1. The van der Waals surface area contributed by atoms with Gasteiger partial charge in [-0.1, -0.05) is 18.3 Å². The maximum Gasteiger partial charge on any atom is 0.372 e. The van der Waals surface area contributed by atoms with Crippen LogP contribution in [0, 0.1) is 16.0 Å². The molecule has 1 aliphatic rings. The molecule has 7 nitrogen and oxygen atoms in total. The van der Waals surface area contributed by atoms with Crippen molar-refractivity contribution in [2.24, 2.45) is 5.92 Å². The first-order valence-corrected chi connectivity index (χ1v) is 7.54. The van der Waals surface area contributed by atoms with E-state index in [0.717, 1.165) is 19.4 Å². The molecule has 2 aromatic rings. The van der Waals surface area contributed by atoms with E-state index in [-0.39, 0.29) is 11.9 Å². The highest BCUT2D eigenvalue weighted by Gasteiger charge is 2.29. The minimum absolute atomic E-state index is 0.00761. The summed E-state index contributed by atoms with van der Waals surface area (Å²) in [4.78, 5) is 15.7. The van der Waals surface area contributed by atoms with E-state index in [4.69, 9.17) is 4.74 Å². The number of nitro groups is 1. The van der Waals surface area contributed by atoms with Crippen LogP contribution < -0.4 is 5.32 Å². The Bertz CT molecular complexity index is 623. The van der Waals surface area contributed by atoms with E-state index in [1.807, 2.05) is 0 Å². The molecule has 0 radical (unpaired) electrons. The van der Waals surface area contributed by atoms with E-state index in [2.05, 4.69) is 17.2 Å². The van der Waals surface area contributed by atoms with Crippen molar-refractivity contribution in [2.45, 2.75) is 25.9 Å². The zero-order valence-corrected chi connectivity index (χ0v) is 11.9. The van der Waals surface area contributed by atoms with E-state index in [1.54, 1.807) is 11.6 Å². The average molecular weight is 296 g/mol. The van der Waals surface area contributed by atoms with Crippen LogP contribution in [0.3, 0.4) is 0 Å². The summed E-state index contributed by atoms with van der Waals surface area (Å²) in [7, 11) is 0. The number of fused-ring (bicyclic) bond motifs is 1. The first-order valence-electron chi connectivity index (χ1n) is 6.66. The first-order chi connectivity index (χ1) is 9.70. The van der Waals surface area contributed by atoms with Crippen LogP contribution in [-0.4, -0.2) is 33.6 Å². The van der Waals surface area contributed by atoms with Gasteiger partial charge in [0.1, 0.15) is 6.20 Å². The number of ether oxygens (including phenoxy) is 1. The summed E-state index contributed by atoms with van der Waals surface area (Å²) in [5.41, 5.74) is 0. The molecule has 108 valence electrons. The molecule has 0 amide bonds. The lowest BCUT2D eigenvalue weighted by Crippen LogP contribution is -2.23. The van der Waals surface area contributed by atoms with E-state index in [1.165, 1.54) is 15.7 Å². The second-order valence-corrected chi connectivity index (χ2v) is 5.72. The van der Waals surface area contributed by atoms with Crippen molar-refractivity contribution < 1.29 is 9.66 Å². The molecule has 20 heavy (non-hydrogen) atoms. The maximum absolute atomic E-state index is 11.2. The van der Waals surface area contributed by atoms with Gasteiger partial charge in [0.2, 0.25) is 5.82 Å². The van der Waals surface area contributed by atoms with Crippen molar-refractivity contribution >= 4 is 27.9 Å². The fourth-order valence-corrected chi connectivity index (χ4v) is 3.38. The van der Waals surface area contributed by atoms with Gasteiger partial charge in [0.15, 0.2) is 0 Å². The van der Waals surface area contributed by atoms with Crippen molar-refractivity contribution in [2.75, 3.05) is 18.5 Å². The molecule has 0 saturated carbocycles. The normalized spacial score (nSPS) is 22.4. The monoisotopic (exact) mass is 296 g/mol. The Morgan fingerprint density at radius 2 is 2.55 bits per heavy atom. The molecule has 2 atom stereocenters. The highest BCUT2D eigenvalue weighted by Crippen LogP contribution is 2.29. The van der Waals surface area contributed by atoms with Crippen LogP contribution in [0.4, 0.5) is 11.6 Å². The summed E-state index contributed by atoms with van der Waals surface area (Å²) >= 11 is 1.39. The third-order valence-electron chi connectivity index (χ3n) is 3.69. The molecule has 2 aromatic heterocycles. The second kappa shape index (κ2) is 5.37. The van der Waals surface area contributed by atoms with Crippen LogP contribution in [-0.2, 0) is 4.74 Å². The third-order valence-corrected chi connectivity index (χ3v) is 4.45. The Labute approximate surface area is 119 Å². The van der Waals surface area contributed by atoms with Gasteiger partial charge >= 0.3 is 5.82 Å². The number of hydrogen-bond acceptors (Lipinski definition) is 6. The molecule has 1 N–H and O–H groups in total. The van der Waals surface area contributed by atoms with Crippen LogP contribution in [0.1, 0.15) is 19.8 Å². The lowest BCUT2D eigenvalue weighted by Gasteiger charge is -2.16. The minimum atomic E-state index is -0.391. The minimum Gasteiger partial charge on any atom is -0.378 e. The fraction of sp³-hybridized carbons (Fsp3) is 0.583. The molecule has 1 saturated heterocycles. The fourth-order valence-electron chi connectivity index (χ4n) is 2.67. The van der Waals surface area contributed by atoms with E-state index < -0.39 is 4.92 Å². The molecule has 1 fully saturated rings. The predicted molar refractivity (Wildman–Crippen MR) is 76.4 cm³/mol. The third kappa shape index (κ3) is 2.25. The summed E-state index contributed by atoms with van der Waals surface area (Å²) in [5, 5.41) is 16.1. The Kier molecular flexibility index (Phi) is 3.58. The van der Waals surface area contributed by atoms with Gasteiger partial charge in [-0.05, 0) is 17.8 Å². The molecule has 1 aliphatic heterocycles. The number of anilines is 1. The molecule has 0 spiro atoms. The molecular formula is C12H16N4O3S. The highest BCUT2D eigenvalue weighted by atomic mass is 32.1. The molecule has 8 heteroatoms. The van der Waals surface area contributed by atoms with Crippen molar-refractivity contribution in [1.82, 2.24) is 9.38 Å². The van der Waals surface area contributed by atoms with Crippen LogP contribution in [0.25, 0.3) is 4.96 Å². The van der Waals surface area contributed by atoms with E-state index in [9.17, 15) is 10.1 Å². The Balaban J connectivity index is 1.78. The summed E-state index contributed by atoms with van der Waals surface area (Å²) < 4.78 is 7.14. The number of aromatic nitrogens is 2. The van der Waals surface area contributed by atoms with Crippen LogP contribution in [0.15, 0.2) is 11.6 Å². The highest BCUT2D eigenvalue weighted by molar-refractivity contribution is 7.15. The molecule has 2 unspecified atom stereocenters.